The molecule has 62 heavy (non-hydrogen) atoms. The first-order chi connectivity index (χ1) is 30.7. The highest BCUT2D eigenvalue weighted by Crippen LogP contribution is 2.33. The SMILES string of the molecule is c1ccc(N(Cc2ccc3ccccc3n2)Cc2ccc3ccccc3n2)c(OCCOc2ccccc2N(Cc2ccc3ccccc3n2)Cc2ccc3ccccc3n2)c1. The molecule has 0 unspecified atom stereocenters. The molecule has 302 valence electrons. The molecule has 8 heteroatoms. The standard InChI is InChI=1S/C54H44N6O2/c1-5-17-47-39(13-1)25-29-43(55-47)35-59(36-44-30-26-40-14-2-6-18-48(40)56-44)51-21-9-11-23-53(51)61-33-34-62-54-24-12-10-22-52(54)60(37-45-31-27-41-15-3-7-19-49(41)57-45)38-46-32-28-42-16-4-8-20-50(42)58-46/h1-32H,33-38H2. The summed E-state index contributed by atoms with van der Waals surface area (Å²) in [4.78, 5) is 24.7. The maximum atomic E-state index is 6.59. The van der Waals surface area contributed by atoms with E-state index < -0.39 is 0 Å². The fourth-order valence-corrected chi connectivity index (χ4v) is 8.00. The van der Waals surface area contributed by atoms with Crippen molar-refractivity contribution < 1.29 is 9.47 Å². The molecule has 0 bridgehead atoms. The number of ether oxygens (including phenoxy) is 2. The van der Waals surface area contributed by atoms with Gasteiger partial charge in [-0.25, -0.2) is 0 Å². The van der Waals surface area contributed by atoms with Crippen molar-refractivity contribution in [2.75, 3.05) is 23.0 Å². The number of benzene rings is 6. The summed E-state index contributed by atoms with van der Waals surface area (Å²) in [6.07, 6.45) is 0. The summed E-state index contributed by atoms with van der Waals surface area (Å²) in [7, 11) is 0. The predicted molar refractivity (Wildman–Crippen MR) is 251 cm³/mol. The number of fused-ring (bicyclic) bond motifs is 4. The van der Waals surface area contributed by atoms with Crippen molar-refractivity contribution in [3.05, 3.63) is 217 Å². The molecular formula is C54H44N6O2. The summed E-state index contributed by atoms with van der Waals surface area (Å²) in [6, 6.07) is 66.2. The van der Waals surface area contributed by atoms with Crippen molar-refractivity contribution >= 4 is 55.0 Å². The monoisotopic (exact) mass is 808 g/mol. The van der Waals surface area contributed by atoms with Gasteiger partial charge in [0.05, 0.1) is 82.4 Å². The molecule has 6 aromatic carbocycles. The van der Waals surface area contributed by atoms with E-state index in [0.29, 0.717) is 39.4 Å². The number of pyridine rings is 4. The molecule has 0 spiro atoms. The molecule has 0 saturated heterocycles. The van der Waals surface area contributed by atoms with Gasteiger partial charge < -0.3 is 19.3 Å². The first-order valence-corrected chi connectivity index (χ1v) is 21.0. The van der Waals surface area contributed by atoms with E-state index in [1.807, 2.05) is 84.9 Å². The highest BCUT2D eigenvalue weighted by atomic mass is 16.5. The fourth-order valence-electron chi connectivity index (χ4n) is 8.00. The average molecular weight is 809 g/mol. The number of hydrogen-bond donors (Lipinski definition) is 0. The average Bonchev–Trinajstić information content (AvgIpc) is 3.32. The molecule has 8 nitrogen and oxygen atoms in total. The van der Waals surface area contributed by atoms with Gasteiger partial charge in [-0.3, -0.25) is 19.9 Å². The minimum absolute atomic E-state index is 0.333. The minimum atomic E-state index is 0.333. The Morgan fingerprint density at radius 3 is 0.887 bits per heavy atom. The number of anilines is 2. The zero-order valence-corrected chi connectivity index (χ0v) is 34.2. The van der Waals surface area contributed by atoms with Gasteiger partial charge in [-0.1, -0.05) is 121 Å². The molecule has 0 radical (unpaired) electrons. The zero-order valence-electron chi connectivity index (χ0n) is 34.2. The zero-order chi connectivity index (χ0) is 41.5. The van der Waals surface area contributed by atoms with E-state index in [-0.39, 0.29) is 0 Å². The molecule has 4 heterocycles. The van der Waals surface area contributed by atoms with E-state index in [0.717, 1.165) is 89.3 Å². The van der Waals surface area contributed by atoms with E-state index in [4.69, 9.17) is 29.4 Å². The van der Waals surface area contributed by atoms with Crippen LogP contribution in [0.2, 0.25) is 0 Å². The lowest BCUT2D eigenvalue weighted by atomic mass is 10.1. The van der Waals surface area contributed by atoms with Crippen molar-refractivity contribution in [3.63, 3.8) is 0 Å². The fraction of sp³-hybridized carbons (Fsp3) is 0.111. The lowest BCUT2D eigenvalue weighted by Crippen LogP contribution is -2.25. The van der Waals surface area contributed by atoms with Crippen LogP contribution in [0.25, 0.3) is 43.6 Å². The highest BCUT2D eigenvalue weighted by Gasteiger charge is 2.18. The summed E-state index contributed by atoms with van der Waals surface area (Å²) in [6.45, 7) is 2.93. The Hall–Kier alpha value is -7.84. The molecule has 0 aliphatic heterocycles. The second-order valence-corrected chi connectivity index (χ2v) is 15.3. The van der Waals surface area contributed by atoms with Crippen LogP contribution in [0.5, 0.6) is 11.5 Å². The Kier molecular flexibility index (Phi) is 11.0. The van der Waals surface area contributed by atoms with Gasteiger partial charge in [0.15, 0.2) is 0 Å². The summed E-state index contributed by atoms with van der Waals surface area (Å²) in [5, 5.41) is 4.46. The lowest BCUT2D eigenvalue weighted by molar-refractivity contribution is 0.217. The molecule has 0 saturated carbocycles. The Bertz CT molecular complexity index is 2780. The largest absolute Gasteiger partial charge is 0.488 e. The van der Waals surface area contributed by atoms with Gasteiger partial charge in [-0.05, 0) is 72.8 Å². The molecule has 4 aromatic heterocycles. The molecule has 0 amide bonds. The van der Waals surface area contributed by atoms with E-state index in [1.165, 1.54) is 0 Å². The molecule has 10 aromatic rings. The van der Waals surface area contributed by atoms with Gasteiger partial charge in [0.2, 0.25) is 0 Å². The van der Waals surface area contributed by atoms with Crippen LogP contribution in [0.1, 0.15) is 22.8 Å². The maximum Gasteiger partial charge on any atom is 0.142 e. The molecule has 10 rings (SSSR count). The summed E-state index contributed by atoms with van der Waals surface area (Å²) >= 11 is 0. The van der Waals surface area contributed by atoms with Crippen LogP contribution >= 0.6 is 0 Å². The lowest BCUT2D eigenvalue weighted by Gasteiger charge is -2.27. The highest BCUT2D eigenvalue weighted by molar-refractivity contribution is 5.81. The van der Waals surface area contributed by atoms with Crippen LogP contribution in [0.3, 0.4) is 0 Å². The molecule has 0 N–H and O–H groups in total. The van der Waals surface area contributed by atoms with E-state index in [9.17, 15) is 0 Å². The first kappa shape index (κ1) is 38.4. The van der Waals surface area contributed by atoms with Gasteiger partial charge in [0.1, 0.15) is 24.7 Å². The van der Waals surface area contributed by atoms with Crippen LogP contribution in [0.15, 0.2) is 194 Å². The van der Waals surface area contributed by atoms with Crippen molar-refractivity contribution in [1.82, 2.24) is 19.9 Å². The van der Waals surface area contributed by atoms with Crippen LogP contribution in [-0.2, 0) is 26.2 Å². The van der Waals surface area contributed by atoms with E-state index in [2.05, 4.69) is 119 Å². The summed E-state index contributed by atoms with van der Waals surface area (Å²) in [5.41, 5.74) is 9.62. The third-order valence-electron chi connectivity index (χ3n) is 11.0. The van der Waals surface area contributed by atoms with Crippen molar-refractivity contribution in [1.29, 1.82) is 0 Å². The normalized spacial score (nSPS) is 11.3. The van der Waals surface area contributed by atoms with Crippen molar-refractivity contribution in [3.8, 4) is 11.5 Å². The van der Waals surface area contributed by atoms with E-state index in [1.54, 1.807) is 0 Å². The topological polar surface area (TPSA) is 76.5 Å². The van der Waals surface area contributed by atoms with E-state index >= 15 is 0 Å². The van der Waals surface area contributed by atoms with Gasteiger partial charge in [-0.15, -0.1) is 0 Å². The Labute approximate surface area is 360 Å². The second-order valence-electron chi connectivity index (χ2n) is 15.3. The van der Waals surface area contributed by atoms with Crippen LogP contribution in [-0.4, -0.2) is 33.1 Å². The van der Waals surface area contributed by atoms with Gasteiger partial charge in [-0.2, -0.15) is 0 Å². The smallest absolute Gasteiger partial charge is 0.142 e. The van der Waals surface area contributed by atoms with Crippen molar-refractivity contribution in [2.45, 2.75) is 26.2 Å². The Morgan fingerprint density at radius 1 is 0.290 bits per heavy atom. The maximum absolute atomic E-state index is 6.59. The Balaban J connectivity index is 0.897. The van der Waals surface area contributed by atoms with Crippen LogP contribution < -0.4 is 19.3 Å². The van der Waals surface area contributed by atoms with Crippen molar-refractivity contribution in [2.24, 2.45) is 0 Å². The number of aromatic nitrogens is 4. The van der Waals surface area contributed by atoms with Crippen LogP contribution in [0, 0.1) is 0 Å². The summed E-state index contributed by atoms with van der Waals surface area (Å²) in [5.74, 6) is 1.52. The number of para-hydroxylation sites is 8. The predicted octanol–water partition coefficient (Wildman–Crippen LogP) is 11.8. The second kappa shape index (κ2) is 17.8. The molecule has 0 aliphatic carbocycles. The molecule has 0 aliphatic rings. The summed E-state index contributed by atoms with van der Waals surface area (Å²) < 4.78 is 13.2. The van der Waals surface area contributed by atoms with Crippen LogP contribution in [0.4, 0.5) is 11.4 Å². The number of hydrogen-bond acceptors (Lipinski definition) is 8. The molecule has 0 fully saturated rings. The number of rotatable bonds is 15. The first-order valence-electron chi connectivity index (χ1n) is 21.0. The Morgan fingerprint density at radius 2 is 0.565 bits per heavy atom. The molecular weight excluding hydrogens is 765 g/mol. The molecule has 0 atom stereocenters. The third-order valence-corrected chi connectivity index (χ3v) is 11.0. The van der Waals surface area contributed by atoms with Gasteiger partial charge in [0.25, 0.3) is 0 Å². The van der Waals surface area contributed by atoms with Gasteiger partial charge in [0, 0.05) is 21.5 Å². The minimum Gasteiger partial charge on any atom is -0.488 e. The number of nitrogens with zero attached hydrogens (tertiary/aromatic N) is 6. The van der Waals surface area contributed by atoms with Gasteiger partial charge >= 0.3 is 0 Å². The quantitative estimate of drug-likeness (QED) is 0.0948. The third kappa shape index (κ3) is 8.72.